The predicted octanol–water partition coefficient (Wildman–Crippen LogP) is 5.55. The highest BCUT2D eigenvalue weighted by atomic mass is 32.2. The molecule has 1 aliphatic rings. The smallest absolute Gasteiger partial charge is 0.281 e. The summed E-state index contributed by atoms with van der Waals surface area (Å²) in [4.78, 5) is 24.8. The molecule has 1 aliphatic heterocycles. The Morgan fingerprint density at radius 3 is 2.50 bits per heavy atom. The van der Waals surface area contributed by atoms with Gasteiger partial charge in [-0.3, -0.25) is 4.79 Å². The summed E-state index contributed by atoms with van der Waals surface area (Å²) >= 11 is 0. The van der Waals surface area contributed by atoms with Gasteiger partial charge in [0.2, 0.25) is 0 Å². The van der Waals surface area contributed by atoms with E-state index in [9.17, 15) is 13.2 Å². The maximum atomic E-state index is 13.7. The molecule has 208 valence electrons. The van der Waals surface area contributed by atoms with E-state index in [4.69, 9.17) is 10.7 Å². The summed E-state index contributed by atoms with van der Waals surface area (Å²) in [6, 6.07) is 6.07. The molecular weight excluding hydrogens is 498 g/mol. The zero-order valence-electron chi connectivity index (χ0n) is 24.0. The number of nitrogens with zero attached hydrogens (tertiary/aromatic N) is 3. The number of pyridine rings is 2. The molecule has 9 heteroatoms. The molecule has 1 saturated heterocycles. The highest BCUT2D eigenvalue weighted by Gasteiger charge is 2.41. The van der Waals surface area contributed by atoms with E-state index >= 15 is 0 Å². The van der Waals surface area contributed by atoms with E-state index < -0.39 is 15.9 Å². The van der Waals surface area contributed by atoms with Gasteiger partial charge in [-0.1, -0.05) is 59.8 Å². The molecule has 2 aromatic heterocycles. The Hall–Kier alpha value is -2.94. The lowest BCUT2D eigenvalue weighted by Gasteiger charge is -2.37. The minimum Gasteiger partial charge on any atom is -0.384 e. The van der Waals surface area contributed by atoms with Gasteiger partial charge in [-0.15, -0.1) is 0 Å². The van der Waals surface area contributed by atoms with Crippen molar-refractivity contribution < 1.29 is 13.2 Å². The Balaban J connectivity index is 2.16. The predicted molar refractivity (Wildman–Crippen MR) is 155 cm³/mol. The Labute approximate surface area is 228 Å². The van der Waals surface area contributed by atoms with Crippen LogP contribution in [0.2, 0.25) is 0 Å². The topological polar surface area (TPSA) is 118 Å². The van der Waals surface area contributed by atoms with Crippen molar-refractivity contribution in [1.82, 2.24) is 14.7 Å². The van der Waals surface area contributed by atoms with Crippen LogP contribution in [-0.4, -0.2) is 36.4 Å². The fourth-order valence-electron chi connectivity index (χ4n) is 4.68. The van der Waals surface area contributed by atoms with E-state index in [1.807, 2.05) is 6.08 Å². The molecular formula is C29H43N5O3S. The average Bonchev–Trinajstić information content (AvgIpc) is 3.07. The lowest BCUT2D eigenvalue weighted by molar-refractivity contribution is 0.0981. The molecule has 1 amide bonds. The number of aromatic nitrogens is 2. The standard InChI is InChI=1S/C29H43N5O3S/c1-19(2)12-9-10-13-21-18-22(27(35)33-38(36,37)24-15-11-14-23(30)31-24)26(32-25(21)28(4,5)6)34-17-16-20(3)29(34,7)8/h10-11,13-15,18-20H,9,12,16-17H2,1-8H3,(H2,30,31)(H,33,35)/b13-10+. The van der Waals surface area contributed by atoms with Crippen LogP contribution in [0.15, 0.2) is 35.4 Å². The summed E-state index contributed by atoms with van der Waals surface area (Å²) in [6.07, 6.45) is 7.00. The first-order valence-electron chi connectivity index (χ1n) is 13.3. The zero-order valence-corrected chi connectivity index (χ0v) is 24.8. The monoisotopic (exact) mass is 541 g/mol. The number of allylic oxidation sites excluding steroid dienone is 1. The summed E-state index contributed by atoms with van der Waals surface area (Å²) in [5.41, 5.74) is 7.01. The average molecular weight is 542 g/mol. The minimum absolute atomic E-state index is 0.0545. The normalized spacial score (nSPS) is 17.9. The lowest BCUT2D eigenvalue weighted by Crippen LogP contribution is -2.44. The van der Waals surface area contributed by atoms with Crippen LogP contribution in [-0.2, 0) is 15.4 Å². The van der Waals surface area contributed by atoms with E-state index in [2.05, 4.69) is 76.1 Å². The number of nitrogens with two attached hydrogens (primary N) is 1. The van der Waals surface area contributed by atoms with Crippen molar-refractivity contribution in [2.24, 2.45) is 11.8 Å². The first-order chi connectivity index (χ1) is 17.5. The first-order valence-corrected chi connectivity index (χ1v) is 14.8. The van der Waals surface area contributed by atoms with Crippen molar-refractivity contribution in [3.05, 3.63) is 47.2 Å². The lowest BCUT2D eigenvalue weighted by atomic mass is 9.86. The van der Waals surface area contributed by atoms with E-state index in [0.717, 1.165) is 37.1 Å². The fourth-order valence-corrected chi connectivity index (χ4v) is 5.62. The molecule has 3 heterocycles. The minimum atomic E-state index is -4.25. The number of hydrogen-bond donors (Lipinski definition) is 2. The number of hydrogen-bond acceptors (Lipinski definition) is 7. The number of anilines is 2. The molecule has 2 aromatic rings. The number of rotatable bonds is 8. The quantitative estimate of drug-likeness (QED) is 0.450. The maximum Gasteiger partial charge on any atom is 0.281 e. The number of amides is 1. The maximum absolute atomic E-state index is 13.7. The van der Waals surface area contributed by atoms with Crippen LogP contribution in [0.25, 0.3) is 6.08 Å². The fraction of sp³-hybridized carbons (Fsp3) is 0.552. The van der Waals surface area contributed by atoms with E-state index in [1.165, 1.54) is 18.2 Å². The molecule has 0 radical (unpaired) electrons. The number of nitrogens with one attached hydrogen (secondary N) is 1. The third-order valence-corrected chi connectivity index (χ3v) is 8.62. The summed E-state index contributed by atoms with van der Waals surface area (Å²) in [7, 11) is -4.25. The third-order valence-electron chi connectivity index (χ3n) is 7.39. The van der Waals surface area contributed by atoms with Crippen molar-refractivity contribution in [2.75, 3.05) is 17.2 Å². The number of nitrogen functional groups attached to an aromatic ring is 1. The van der Waals surface area contributed by atoms with Crippen LogP contribution in [0.4, 0.5) is 11.6 Å². The van der Waals surface area contributed by atoms with Crippen molar-refractivity contribution in [3.8, 4) is 0 Å². The molecule has 8 nitrogen and oxygen atoms in total. The van der Waals surface area contributed by atoms with Gasteiger partial charge < -0.3 is 10.6 Å². The summed E-state index contributed by atoms with van der Waals surface area (Å²) in [6.45, 7) is 17.8. The van der Waals surface area contributed by atoms with Gasteiger partial charge in [-0.2, -0.15) is 8.42 Å². The molecule has 0 aromatic carbocycles. The van der Waals surface area contributed by atoms with Crippen LogP contribution < -0.4 is 15.4 Å². The second-order valence-electron chi connectivity index (χ2n) is 12.3. The Morgan fingerprint density at radius 1 is 1.26 bits per heavy atom. The highest BCUT2D eigenvalue weighted by Crippen LogP contribution is 2.40. The molecule has 0 saturated carbocycles. The third kappa shape index (κ3) is 6.54. The molecule has 1 unspecified atom stereocenters. The van der Waals surface area contributed by atoms with Gasteiger partial charge in [0.15, 0.2) is 5.03 Å². The molecule has 1 fully saturated rings. The second-order valence-corrected chi connectivity index (χ2v) is 13.9. The Kier molecular flexibility index (Phi) is 8.61. The zero-order chi connectivity index (χ0) is 28.5. The van der Waals surface area contributed by atoms with Crippen molar-refractivity contribution in [2.45, 2.75) is 90.6 Å². The highest BCUT2D eigenvalue weighted by molar-refractivity contribution is 7.90. The molecule has 0 bridgehead atoms. The largest absolute Gasteiger partial charge is 0.384 e. The molecule has 38 heavy (non-hydrogen) atoms. The van der Waals surface area contributed by atoms with E-state index in [0.29, 0.717) is 17.7 Å². The van der Waals surface area contributed by atoms with Gasteiger partial charge in [0.25, 0.3) is 15.9 Å². The van der Waals surface area contributed by atoms with Gasteiger partial charge >= 0.3 is 0 Å². The van der Waals surface area contributed by atoms with E-state index in [-0.39, 0.29) is 27.4 Å². The molecule has 3 rings (SSSR count). The van der Waals surface area contributed by atoms with Crippen molar-refractivity contribution in [3.63, 3.8) is 0 Å². The molecule has 0 aliphatic carbocycles. The van der Waals surface area contributed by atoms with Crippen LogP contribution in [0.5, 0.6) is 0 Å². The number of carbonyl (C=O) groups excluding carboxylic acids is 1. The van der Waals surface area contributed by atoms with Gasteiger partial charge in [0.1, 0.15) is 11.6 Å². The Bertz CT molecular complexity index is 1310. The van der Waals surface area contributed by atoms with Crippen LogP contribution >= 0.6 is 0 Å². The summed E-state index contributed by atoms with van der Waals surface area (Å²) in [5, 5.41) is -0.310. The molecule has 0 spiro atoms. The Morgan fingerprint density at radius 2 is 1.95 bits per heavy atom. The van der Waals surface area contributed by atoms with Crippen molar-refractivity contribution >= 4 is 33.6 Å². The van der Waals surface area contributed by atoms with Crippen LogP contribution in [0, 0.1) is 11.8 Å². The molecule has 3 N–H and O–H groups in total. The SMILES string of the molecule is CC(C)CC/C=C/c1cc(C(=O)NS(=O)(=O)c2cccc(N)n2)c(N2CCC(C)C2(C)C)nc1C(C)(C)C. The van der Waals surface area contributed by atoms with Crippen molar-refractivity contribution in [1.29, 1.82) is 0 Å². The van der Waals surface area contributed by atoms with Gasteiger partial charge in [-0.25, -0.2) is 14.7 Å². The summed E-state index contributed by atoms with van der Waals surface area (Å²) < 4.78 is 28.3. The van der Waals surface area contributed by atoms with Gasteiger partial charge in [0.05, 0.1) is 11.3 Å². The molecule has 1 atom stereocenters. The van der Waals surface area contributed by atoms with Gasteiger partial charge in [-0.05, 0) is 68.7 Å². The second kappa shape index (κ2) is 11.0. The number of sulfonamides is 1. The van der Waals surface area contributed by atoms with Crippen LogP contribution in [0.1, 0.15) is 96.3 Å². The van der Waals surface area contributed by atoms with E-state index in [1.54, 1.807) is 6.07 Å². The number of carbonyl (C=O) groups is 1. The van der Waals surface area contributed by atoms with Crippen LogP contribution in [0.3, 0.4) is 0 Å². The summed E-state index contributed by atoms with van der Waals surface area (Å²) in [5.74, 6) is 0.753. The van der Waals surface area contributed by atoms with Gasteiger partial charge in [0, 0.05) is 17.5 Å². The first kappa shape index (κ1) is 29.6.